The van der Waals surface area contributed by atoms with Gasteiger partial charge in [-0.1, -0.05) is 11.6 Å². The second kappa shape index (κ2) is 11.1. The summed E-state index contributed by atoms with van der Waals surface area (Å²) in [6, 6.07) is 4.43. The Morgan fingerprint density at radius 3 is 2.58 bits per heavy atom. The van der Waals surface area contributed by atoms with E-state index >= 15 is 8.78 Å². The Bertz CT molecular complexity index is 1830. The molecule has 5 heterocycles. The van der Waals surface area contributed by atoms with Crippen molar-refractivity contribution >= 4 is 17.5 Å². The van der Waals surface area contributed by atoms with Gasteiger partial charge in [-0.05, 0) is 67.0 Å². The van der Waals surface area contributed by atoms with Crippen molar-refractivity contribution in [3.63, 3.8) is 0 Å². The molecule has 0 bridgehead atoms. The van der Waals surface area contributed by atoms with E-state index in [1.807, 2.05) is 0 Å². The van der Waals surface area contributed by atoms with Gasteiger partial charge in [0.25, 0.3) is 11.4 Å². The van der Waals surface area contributed by atoms with E-state index in [4.69, 9.17) is 16.3 Å². The molecule has 1 aliphatic heterocycles. The first-order chi connectivity index (χ1) is 20.5. The van der Waals surface area contributed by atoms with Crippen molar-refractivity contribution in [1.29, 1.82) is 0 Å². The summed E-state index contributed by atoms with van der Waals surface area (Å²) in [5.74, 6) is -2.85. The zero-order chi connectivity index (χ0) is 30.6. The molecule has 0 radical (unpaired) electrons. The van der Waals surface area contributed by atoms with E-state index in [0.717, 1.165) is 16.3 Å². The number of rotatable bonds is 6. The number of likely N-dealkylation sites (tertiary alicyclic amines) is 1. The predicted molar refractivity (Wildman–Crippen MR) is 153 cm³/mol. The molecule has 3 atom stereocenters. The predicted octanol–water partition coefficient (Wildman–Crippen LogP) is 5.65. The van der Waals surface area contributed by atoms with E-state index in [9.17, 15) is 14.0 Å². The highest BCUT2D eigenvalue weighted by atomic mass is 35.5. The lowest BCUT2D eigenvalue weighted by Crippen LogP contribution is -2.29. The van der Waals surface area contributed by atoms with Crippen LogP contribution in [0, 0.1) is 31.3 Å². The molecule has 1 aliphatic carbocycles. The van der Waals surface area contributed by atoms with Crippen LogP contribution >= 0.6 is 11.6 Å². The van der Waals surface area contributed by atoms with Crippen molar-refractivity contribution < 1.29 is 22.7 Å². The lowest BCUT2D eigenvalue weighted by atomic mass is 10.0. The van der Waals surface area contributed by atoms with Gasteiger partial charge < -0.3 is 9.64 Å². The number of hydrogen-bond donors (Lipinski definition) is 0. The Morgan fingerprint density at radius 2 is 1.86 bits per heavy atom. The summed E-state index contributed by atoms with van der Waals surface area (Å²) >= 11 is 6.59. The Labute approximate surface area is 250 Å². The molecule has 2 aliphatic rings. The van der Waals surface area contributed by atoms with Crippen molar-refractivity contribution in [3.05, 3.63) is 98.2 Å². The van der Waals surface area contributed by atoms with Crippen LogP contribution in [0.15, 0.2) is 47.8 Å². The summed E-state index contributed by atoms with van der Waals surface area (Å²) < 4.78 is 52.5. The lowest BCUT2D eigenvalue weighted by molar-refractivity contribution is -0.128. The molecule has 0 N–H and O–H groups in total. The maximum atomic E-state index is 16.3. The highest BCUT2D eigenvalue weighted by Gasteiger charge is 2.42. The van der Waals surface area contributed by atoms with E-state index in [0.29, 0.717) is 42.8 Å². The molecular weight excluding hydrogens is 583 g/mol. The van der Waals surface area contributed by atoms with Crippen LogP contribution < -0.4 is 10.3 Å². The smallest absolute Gasteiger partial charge is 0.274 e. The van der Waals surface area contributed by atoms with Crippen LogP contribution in [0.1, 0.15) is 54.0 Å². The van der Waals surface area contributed by atoms with Gasteiger partial charge in [-0.3, -0.25) is 24.1 Å². The Morgan fingerprint density at radius 1 is 1.07 bits per heavy atom. The Kier molecular flexibility index (Phi) is 7.45. The molecule has 8 nitrogen and oxygen atoms in total. The second-order valence-electron chi connectivity index (χ2n) is 11.0. The van der Waals surface area contributed by atoms with Gasteiger partial charge in [0.2, 0.25) is 5.91 Å². The van der Waals surface area contributed by atoms with Gasteiger partial charge in [-0.25, -0.2) is 18.2 Å². The van der Waals surface area contributed by atoms with Gasteiger partial charge in [0.1, 0.15) is 22.6 Å². The van der Waals surface area contributed by atoms with Crippen molar-refractivity contribution in [3.8, 4) is 22.8 Å². The lowest BCUT2D eigenvalue weighted by Gasteiger charge is -2.18. The largest absolute Gasteiger partial charge is 0.470 e. The summed E-state index contributed by atoms with van der Waals surface area (Å²) in [6.07, 6.45) is 6.08. The van der Waals surface area contributed by atoms with Gasteiger partial charge in [-0.2, -0.15) is 0 Å². The van der Waals surface area contributed by atoms with Crippen molar-refractivity contribution in [2.75, 3.05) is 13.1 Å². The van der Waals surface area contributed by atoms with Gasteiger partial charge in [0.15, 0.2) is 11.6 Å². The number of carbonyl (C=O) groups is 1. The molecule has 1 saturated carbocycles. The van der Waals surface area contributed by atoms with Gasteiger partial charge in [-0.15, -0.1) is 0 Å². The second-order valence-corrected chi connectivity index (χ2v) is 11.4. The molecule has 1 amide bonds. The fraction of sp³-hybridized carbons (Fsp3) is 0.323. The molecule has 0 aromatic carbocycles. The van der Waals surface area contributed by atoms with Gasteiger partial charge >= 0.3 is 0 Å². The maximum absolute atomic E-state index is 16.3. The molecule has 4 aromatic rings. The maximum Gasteiger partial charge on any atom is 0.274 e. The molecule has 2 fully saturated rings. The number of nitrogens with zero attached hydrogens (tertiary/aromatic N) is 5. The first kappa shape index (κ1) is 28.9. The molecule has 222 valence electrons. The van der Waals surface area contributed by atoms with Crippen LogP contribution in [0.5, 0.6) is 5.88 Å². The molecule has 1 saturated heterocycles. The number of aryl methyl sites for hydroxylation is 2. The Balaban J connectivity index is 1.35. The first-order valence-corrected chi connectivity index (χ1v) is 14.2. The summed E-state index contributed by atoms with van der Waals surface area (Å²) in [4.78, 5) is 38.9. The minimum absolute atomic E-state index is 0.0396. The molecule has 4 aromatic heterocycles. The van der Waals surface area contributed by atoms with Gasteiger partial charge in [0.05, 0.1) is 18.4 Å². The summed E-state index contributed by atoms with van der Waals surface area (Å²) in [7, 11) is 0. The van der Waals surface area contributed by atoms with Crippen molar-refractivity contribution in [2.24, 2.45) is 0 Å². The van der Waals surface area contributed by atoms with Crippen LogP contribution in [0.3, 0.4) is 0 Å². The molecule has 1 unspecified atom stereocenters. The third kappa shape index (κ3) is 5.26. The average molecular weight is 610 g/mol. The number of aromatic nitrogens is 4. The quantitative estimate of drug-likeness (QED) is 0.281. The van der Waals surface area contributed by atoms with Crippen LogP contribution in [0.4, 0.5) is 13.2 Å². The van der Waals surface area contributed by atoms with E-state index < -0.39 is 29.1 Å². The van der Waals surface area contributed by atoms with Crippen LogP contribution in [0.2, 0.25) is 5.02 Å². The van der Waals surface area contributed by atoms with E-state index in [2.05, 4.69) is 15.0 Å². The highest BCUT2D eigenvalue weighted by Crippen LogP contribution is 2.55. The number of halogens is 4. The molecular formula is C31H27ClF3N5O3. The fourth-order valence-electron chi connectivity index (χ4n) is 5.81. The van der Waals surface area contributed by atoms with Crippen LogP contribution in [-0.4, -0.2) is 49.5 Å². The zero-order valence-electron chi connectivity index (χ0n) is 23.6. The molecule has 0 spiro atoms. The monoisotopic (exact) mass is 609 g/mol. The number of ether oxygens (including phenoxy) is 1. The Hall–Kier alpha value is -4.25. The number of hydrogen-bond acceptors (Lipinski definition) is 6. The highest BCUT2D eigenvalue weighted by molar-refractivity contribution is 6.31. The third-order valence-electron chi connectivity index (χ3n) is 8.09. The summed E-state index contributed by atoms with van der Waals surface area (Å²) in [5, 5.41) is -0.0680. The number of pyridine rings is 4. The number of carbonyl (C=O) groups excluding carboxylic acids is 1. The molecule has 6 rings (SSSR count). The topological polar surface area (TPSA) is 90.2 Å². The van der Waals surface area contributed by atoms with Crippen molar-refractivity contribution in [1.82, 2.24) is 24.4 Å². The minimum atomic E-state index is -0.913. The fourth-order valence-corrected chi connectivity index (χ4v) is 6.08. The van der Waals surface area contributed by atoms with E-state index in [1.165, 1.54) is 31.5 Å². The summed E-state index contributed by atoms with van der Waals surface area (Å²) in [5.41, 5.74) is 0.824. The van der Waals surface area contributed by atoms with E-state index in [1.54, 1.807) is 31.0 Å². The van der Waals surface area contributed by atoms with Crippen LogP contribution in [0.25, 0.3) is 16.9 Å². The average Bonchev–Trinajstić information content (AvgIpc) is 3.62. The van der Waals surface area contributed by atoms with Crippen LogP contribution in [-0.2, 0) is 4.79 Å². The standard InChI is InChI=1S/C31H27ClF3N5O3/c1-15-11-38-28(21-4-6-37-30(26(21)34)43-20-5-7-39(14-20)17(3)41)27(35)29(15)40-16(2)8-24(25(32)31(40)42)23-10-22(23)18-9-19(33)13-36-12-18/h4,6,8-9,11-13,20,22-23H,5,7,10,14H2,1-3H3/t20?,22-,23+/m1/s1. The molecule has 43 heavy (non-hydrogen) atoms. The first-order valence-electron chi connectivity index (χ1n) is 13.8. The van der Waals surface area contributed by atoms with Gasteiger partial charge in [0, 0.05) is 49.7 Å². The third-order valence-corrected chi connectivity index (χ3v) is 8.47. The summed E-state index contributed by atoms with van der Waals surface area (Å²) in [6.45, 7) is 5.48. The van der Waals surface area contributed by atoms with Crippen molar-refractivity contribution in [2.45, 2.75) is 51.6 Å². The normalized spacial score (nSPS) is 19.5. The van der Waals surface area contributed by atoms with E-state index in [-0.39, 0.29) is 45.6 Å². The zero-order valence-corrected chi connectivity index (χ0v) is 24.3. The number of amides is 1. The minimum Gasteiger partial charge on any atom is -0.470 e. The SMILES string of the molecule is CC(=O)N1CCC(Oc2nccc(-c3ncc(C)c(-n4c(C)cc([C@H]5C[C@@H]5c5cncc(F)c5)c(Cl)c4=O)c3F)c2F)C1. The molecule has 12 heteroatoms.